The van der Waals surface area contributed by atoms with Gasteiger partial charge in [-0.1, -0.05) is 18.9 Å². The van der Waals surface area contributed by atoms with Crippen molar-refractivity contribution in [2.75, 3.05) is 20.8 Å². The van der Waals surface area contributed by atoms with Gasteiger partial charge in [0.1, 0.15) is 17.1 Å². The van der Waals surface area contributed by atoms with Gasteiger partial charge in [0.25, 0.3) is 5.91 Å². The largest absolute Gasteiger partial charge is 0.496 e. The number of methoxy groups -OCH3 is 2. The van der Waals surface area contributed by atoms with Crippen LogP contribution in [0.25, 0.3) is 0 Å². The molecule has 1 fully saturated rings. The first-order chi connectivity index (χ1) is 10.2. The molecule has 1 aromatic rings. The van der Waals surface area contributed by atoms with E-state index in [4.69, 9.17) is 9.47 Å². The number of aliphatic hydroxyl groups is 1. The number of carbonyl (C=O) groups excluding carboxylic acids is 1. The second kappa shape index (κ2) is 7.31. The Morgan fingerprint density at radius 3 is 2.43 bits per heavy atom. The first kappa shape index (κ1) is 15.6. The SMILES string of the molecule is COc1cccc(OC)c1C(=O)NCC1CCCCC1O. The van der Waals surface area contributed by atoms with Crippen molar-refractivity contribution in [2.24, 2.45) is 5.92 Å². The van der Waals surface area contributed by atoms with E-state index < -0.39 is 0 Å². The molecule has 1 amide bonds. The molecule has 0 spiro atoms. The summed E-state index contributed by atoms with van der Waals surface area (Å²) in [5, 5.41) is 12.8. The van der Waals surface area contributed by atoms with E-state index in [9.17, 15) is 9.90 Å². The molecule has 0 aliphatic heterocycles. The number of aliphatic hydroxyl groups excluding tert-OH is 1. The lowest BCUT2D eigenvalue weighted by molar-refractivity contribution is 0.0661. The van der Waals surface area contributed by atoms with E-state index in [1.54, 1.807) is 18.2 Å². The predicted octanol–water partition coefficient (Wildman–Crippen LogP) is 1.98. The fraction of sp³-hybridized carbons (Fsp3) is 0.562. The van der Waals surface area contributed by atoms with E-state index in [1.165, 1.54) is 14.2 Å². The highest BCUT2D eigenvalue weighted by Gasteiger charge is 2.25. The Morgan fingerprint density at radius 2 is 1.86 bits per heavy atom. The van der Waals surface area contributed by atoms with E-state index in [-0.39, 0.29) is 17.9 Å². The summed E-state index contributed by atoms with van der Waals surface area (Å²) in [7, 11) is 3.05. The van der Waals surface area contributed by atoms with E-state index >= 15 is 0 Å². The molecule has 1 aliphatic carbocycles. The van der Waals surface area contributed by atoms with Gasteiger partial charge in [0.05, 0.1) is 20.3 Å². The minimum absolute atomic E-state index is 0.128. The van der Waals surface area contributed by atoms with Gasteiger partial charge in [-0.05, 0) is 25.0 Å². The lowest BCUT2D eigenvalue weighted by Crippen LogP contribution is -2.36. The molecule has 2 rings (SSSR count). The third-order valence-corrected chi connectivity index (χ3v) is 4.05. The number of carbonyl (C=O) groups is 1. The fourth-order valence-electron chi connectivity index (χ4n) is 2.81. The van der Waals surface area contributed by atoms with Gasteiger partial charge in [0.15, 0.2) is 0 Å². The van der Waals surface area contributed by atoms with E-state index in [2.05, 4.69) is 5.32 Å². The molecule has 0 heterocycles. The van der Waals surface area contributed by atoms with Crippen LogP contribution in [0.3, 0.4) is 0 Å². The van der Waals surface area contributed by atoms with Crippen LogP contribution in [0.15, 0.2) is 18.2 Å². The molecule has 5 nitrogen and oxygen atoms in total. The molecule has 1 saturated carbocycles. The van der Waals surface area contributed by atoms with Crippen LogP contribution >= 0.6 is 0 Å². The van der Waals surface area contributed by atoms with Crippen LogP contribution in [-0.4, -0.2) is 37.9 Å². The number of amides is 1. The molecule has 21 heavy (non-hydrogen) atoms. The second-order valence-corrected chi connectivity index (χ2v) is 5.36. The van der Waals surface area contributed by atoms with Crippen molar-refractivity contribution in [1.29, 1.82) is 0 Å². The summed E-state index contributed by atoms with van der Waals surface area (Å²) in [5.41, 5.74) is 0.396. The zero-order valence-corrected chi connectivity index (χ0v) is 12.6. The third kappa shape index (κ3) is 3.67. The molecular weight excluding hydrogens is 270 g/mol. The lowest BCUT2D eigenvalue weighted by Gasteiger charge is -2.27. The molecule has 0 saturated heterocycles. The summed E-state index contributed by atoms with van der Waals surface area (Å²) in [4.78, 5) is 12.4. The van der Waals surface area contributed by atoms with Crippen molar-refractivity contribution in [3.05, 3.63) is 23.8 Å². The molecule has 0 radical (unpaired) electrons. The first-order valence-corrected chi connectivity index (χ1v) is 7.34. The van der Waals surface area contributed by atoms with Crippen LogP contribution in [0, 0.1) is 5.92 Å². The quantitative estimate of drug-likeness (QED) is 0.871. The third-order valence-electron chi connectivity index (χ3n) is 4.05. The van der Waals surface area contributed by atoms with Gasteiger partial charge in [-0.2, -0.15) is 0 Å². The lowest BCUT2D eigenvalue weighted by atomic mass is 9.86. The molecule has 1 aromatic carbocycles. The maximum Gasteiger partial charge on any atom is 0.258 e. The zero-order chi connectivity index (χ0) is 15.2. The van der Waals surface area contributed by atoms with Crippen LogP contribution in [0.4, 0.5) is 0 Å². The van der Waals surface area contributed by atoms with Crippen molar-refractivity contribution in [3.63, 3.8) is 0 Å². The highest BCUT2D eigenvalue weighted by atomic mass is 16.5. The Balaban J connectivity index is 2.06. The molecule has 0 aromatic heterocycles. The molecule has 0 bridgehead atoms. The number of hydrogen-bond acceptors (Lipinski definition) is 4. The average Bonchev–Trinajstić information content (AvgIpc) is 2.52. The molecule has 116 valence electrons. The number of nitrogens with one attached hydrogen (secondary N) is 1. The minimum atomic E-state index is -0.321. The van der Waals surface area contributed by atoms with Gasteiger partial charge < -0.3 is 19.9 Å². The van der Waals surface area contributed by atoms with Gasteiger partial charge >= 0.3 is 0 Å². The number of rotatable bonds is 5. The highest BCUT2D eigenvalue weighted by molar-refractivity contribution is 5.99. The highest BCUT2D eigenvalue weighted by Crippen LogP contribution is 2.28. The Bertz CT molecular complexity index is 467. The number of hydrogen-bond donors (Lipinski definition) is 2. The van der Waals surface area contributed by atoms with Crippen molar-refractivity contribution in [1.82, 2.24) is 5.32 Å². The second-order valence-electron chi connectivity index (χ2n) is 5.36. The molecule has 2 N–H and O–H groups in total. The molecular formula is C16H23NO4. The van der Waals surface area contributed by atoms with Crippen LogP contribution in [0.1, 0.15) is 36.0 Å². The molecule has 2 atom stereocenters. The molecule has 5 heteroatoms. The summed E-state index contributed by atoms with van der Waals surface area (Å²) in [5.74, 6) is 0.859. The standard InChI is InChI=1S/C16H23NO4/c1-20-13-8-5-9-14(21-2)15(13)16(19)17-10-11-6-3-4-7-12(11)18/h5,8-9,11-12,18H,3-4,6-7,10H2,1-2H3,(H,17,19). The maximum absolute atomic E-state index is 12.4. The Morgan fingerprint density at radius 1 is 1.24 bits per heavy atom. The van der Waals surface area contributed by atoms with E-state index in [0.717, 1.165) is 25.7 Å². The topological polar surface area (TPSA) is 67.8 Å². The maximum atomic E-state index is 12.4. The molecule has 1 aliphatic rings. The van der Waals surface area contributed by atoms with Gasteiger partial charge in [-0.25, -0.2) is 0 Å². The van der Waals surface area contributed by atoms with Crippen LogP contribution in [0.2, 0.25) is 0 Å². The zero-order valence-electron chi connectivity index (χ0n) is 12.6. The normalized spacial score (nSPS) is 21.7. The van der Waals surface area contributed by atoms with Gasteiger partial charge in [-0.3, -0.25) is 4.79 Å². The van der Waals surface area contributed by atoms with Gasteiger partial charge in [-0.15, -0.1) is 0 Å². The fourth-order valence-corrected chi connectivity index (χ4v) is 2.81. The Kier molecular flexibility index (Phi) is 5.44. The van der Waals surface area contributed by atoms with E-state index in [1.807, 2.05) is 0 Å². The monoisotopic (exact) mass is 293 g/mol. The number of benzene rings is 1. The summed E-state index contributed by atoms with van der Waals surface area (Å²) >= 11 is 0. The Hall–Kier alpha value is -1.75. The summed E-state index contributed by atoms with van der Waals surface area (Å²) in [6.07, 6.45) is 3.61. The summed E-state index contributed by atoms with van der Waals surface area (Å²) < 4.78 is 10.5. The summed E-state index contributed by atoms with van der Waals surface area (Å²) in [6, 6.07) is 5.24. The van der Waals surface area contributed by atoms with Crippen molar-refractivity contribution in [2.45, 2.75) is 31.8 Å². The van der Waals surface area contributed by atoms with Crippen molar-refractivity contribution < 1.29 is 19.4 Å². The van der Waals surface area contributed by atoms with Crippen LogP contribution < -0.4 is 14.8 Å². The van der Waals surface area contributed by atoms with Crippen LogP contribution in [0.5, 0.6) is 11.5 Å². The van der Waals surface area contributed by atoms with Crippen molar-refractivity contribution >= 4 is 5.91 Å². The van der Waals surface area contributed by atoms with Gasteiger partial charge in [0.2, 0.25) is 0 Å². The summed E-state index contributed by atoms with van der Waals surface area (Å²) in [6.45, 7) is 0.473. The minimum Gasteiger partial charge on any atom is -0.496 e. The van der Waals surface area contributed by atoms with E-state index in [0.29, 0.717) is 23.6 Å². The van der Waals surface area contributed by atoms with Crippen LogP contribution in [-0.2, 0) is 0 Å². The Labute approximate surface area is 125 Å². The number of ether oxygens (including phenoxy) is 2. The first-order valence-electron chi connectivity index (χ1n) is 7.34. The predicted molar refractivity (Wildman–Crippen MR) is 79.8 cm³/mol. The smallest absolute Gasteiger partial charge is 0.258 e. The molecule has 2 unspecified atom stereocenters. The van der Waals surface area contributed by atoms with Crippen molar-refractivity contribution in [3.8, 4) is 11.5 Å². The van der Waals surface area contributed by atoms with Gasteiger partial charge in [0, 0.05) is 12.5 Å². The average molecular weight is 293 g/mol.